The fourth-order valence-corrected chi connectivity index (χ4v) is 2.87. The second kappa shape index (κ2) is 8.80. The molecule has 0 unspecified atom stereocenters. The molecule has 2 N–H and O–H groups in total. The molecule has 0 atom stereocenters. The Bertz CT molecular complexity index is 992. The van der Waals surface area contributed by atoms with E-state index in [-0.39, 0.29) is 17.4 Å². The molecule has 0 aliphatic rings. The summed E-state index contributed by atoms with van der Waals surface area (Å²) in [5.74, 6) is 0.424. The summed E-state index contributed by atoms with van der Waals surface area (Å²) < 4.78 is 12.9. The minimum atomic E-state index is -0.293. The van der Waals surface area contributed by atoms with Crippen molar-refractivity contribution >= 4 is 29.0 Å². The van der Waals surface area contributed by atoms with Crippen LogP contribution in [0.1, 0.15) is 27.4 Å². The van der Waals surface area contributed by atoms with Crippen molar-refractivity contribution in [1.29, 1.82) is 0 Å². The van der Waals surface area contributed by atoms with E-state index in [4.69, 9.17) is 11.6 Å². The lowest BCUT2D eigenvalue weighted by molar-refractivity contribution is 0.0949. The minimum absolute atomic E-state index is 0.272. The molecule has 28 heavy (non-hydrogen) atoms. The standard InChI is InChI=1S/C21H20ClFN4O/c1-13-17(22)4-3-5-18(13)27-20-12-19(25-14(2)26-20)21(28)24-11-10-15-6-8-16(23)9-7-15/h3-9,12H,10-11H2,1-2H3,(H,24,28)(H,25,26,27). The first-order valence-electron chi connectivity index (χ1n) is 8.83. The summed E-state index contributed by atoms with van der Waals surface area (Å²) in [7, 11) is 0. The second-order valence-corrected chi connectivity index (χ2v) is 6.76. The molecule has 1 aromatic heterocycles. The number of aromatic nitrogens is 2. The molecule has 0 saturated carbocycles. The number of aryl methyl sites for hydroxylation is 1. The van der Waals surface area contributed by atoms with Gasteiger partial charge in [-0.2, -0.15) is 0 Å². The van der Waals surface area contributed by atoms with Crippen LogP contribution in [0.15, 0.2) is 48.5 Å². The quantitative estimate of drug-likeness (QED) is 0.636. The lowest BCUT2D eigenvalue weighted by Crippen LogP contribution is -2.27. The number of halogens is 2. The van der Waals surface area contributed by atoms with Crippen LogP contribution < -0.4 is 10.6 Å². The summed E-state index contributed by atoms with van der Waals surface area (Å²) in [4.78, 5) is 21.0. The Morgan fingerprint density at radius 3 is 2.61 bits per heavy atom. The molecule has 0 spiro atoms. The molecule has 0 bridgehead atoms. The first-order chi connectivity index (χ1) is 13.4. The Morgan fingerprint density at radius 1 is 1.11 bits per heavy atom. The van der Waals surface area contributed by atoms with Gasteiger partial charge in [0.05, 0.1) is 0 Å². The van der Waals surface area contributed by atoms with Crippen molar-refractivity contribution < 1.29 is 9.18 Å². The van der Waals surface area contributed by atoms with Crippen LogP contribution in [0.5, 0.6) is 0 Å². The Morgan fingerprint density at radius 2 is 1.86 bits per heavy atom. The van der Waals surface area contributed by atoms with Crippen molar-refractivity contribution in [3.63, 3.8) is 0 Å². The van der Waals surface area contributed by atoms with Gasteiger partial charge in [-0.05, 0) is 55.7 Å². The van der Waals surface area contributed by atoms with Crippen LogP contribution in [0.2, 0.25) is 5.02 Å². The maximum Gasteiger partial charge on any atom is 0.270 e. The highest BCUT2D eigenvalue weighted by atomic mass is 35.5. The van der Waals surface area contributed by atoms with Gasteiger partial charge in [0.1, 0.15) is 23.2 Å². The van der Waals surface area contributed by atoms with Crippen molar-refractivity contribution in [2.45, 2.75) is 20.3 Å². The third-order valence-electron chi connectivity index (χ3n) is 4.21. The molecule has 0 aliphatic heterocycles. The van der Waals surface area contributed by atoms with E-state index in [1.165, 1.54) is 12.1 Å². The Hall–Kier alpha value is -2.99. The van der Waals surface area contributed by atoms with Crippen molar-refractivity contribution in [1.82, 2.24) is 15.3 Å². The molecule has 0 fully saturated rings. The number of nitrogens with zero attached hydrogens (tertiary/aromatic N) is 2. The summed E-state index contributed by atoms with van der Waals surface area (Å²) in [6.07, 6.45) is 0.600. The van der Waals surface area contributed by atoms with E-state index in [2.05, 4.69) is 20.6 Å². The third-order valence-corrected chi connectivity index (χ3v) is 4.62. The number of benzene rings is 2. The molecule has 0 aliphatic carbocycles. The number of hydrogen-bond acceptors (Lipinski definition) is 4. The van der Waals surface area contributed by atoms with E-state index in [0.29, 0.717) is 29.6 Å². The number of rotatable bonds is 6. The van der Waals surface area contributed by atoms with E-state index < -0.39 is 0 Å². The van der Waals surface area contributed by atoms with Crippen LogP contribution >= 0.6 is 11.6 Å². The molecule has 144 valence electrons. The lowest BCUT2D eigenvalue weighted by atomic mass is 10.1. The van der Waals surface area contributed by atoms with Crippen LogP contribution in [-0.2, 0) is 6.42 Å². The maximum absolute atomic E-state index is 12.9. The SMILES string of the molecule is Cc1nc(Nc2cccc(Cl)c2C)cc(C(=O)NCCc2ccc(F)cc2)n1. The molecule has 3 rings (SSSR count). The molecule has 1 amide bonds. The fraction of sp³-hybridized carbons (Fsp3) is 0.190. The van der Waals surface area contributed by atoms with Crippen LogP contribution in [0.25, 0.3) is 0 Å². The summed E-state index contributed by atoms with van der Waals surface area (Å²) in [6, 6.07) is 13.3. The van der Waals surface area contributed by atoms with Gasteiger partial charge < -0.3 is 10.6 Å². The van der Waals surface area contributed by atoms with Gasteiger partial charge >= 0.3 is 0 Å². The topological polar surface area (TPSA) is 66.9 Å². The number of anilines is 2. The van der Waals surface area contributed by atoms with E-state index in [1.807, 2.05) is 25.1 Å². The van der Waals surface area contributed by atoms with Crippen LogP contribution in [0, 0.1) is 19.7 Å². The average Bonchev–Trinajstić information content (AvgIpc) is 2.66. The lowest BCUT2D eigenvalue weighted by Gasteiger charge is -2.12. The number of amides is 1. The molecule has 0 radical (unpaired) electrons. The fourth-order valence-electron chi connectivity index (χ4n) is 2.69. The van der Waals surface area contributed by atoms with Gasteiger partial charge in [-0.1, -0.05) is 29.8 Å². The van der Waals surface area contributed by atoms with Crippen molar-refractivity contribution in [2.24, 2.45) is 0 Å². The predicted molar refractivity (Wildman–Crippen MR) is 109 cm³/mol. The number of nitrogens with one attached hydrogen (secondary N) is 2. The smallest absolute Gasteiger partial charge is 0.270 e. The molecule has 5 nitrogen and oxygen atoms in total. The van der Waals surface area contributed by atoms with Crippen LogP contribution in [-0.4, -0.2) is 22.4 Å². The van der Waals surface area contributed by atoms with Crippen molar-refractivity contribution in [3.05, 3.63) is 82.0 Å². The summed E-state index contributed by atoms with van der Waals surface area (Å²) in [6.45, 7) is 4.05. The number of carbonyl (C=O) groups excluding carboxylic acids is 1. The van der Waals surface area contributed by atoms with Crippen LogP contribution in [0.4, 0.5) is 15.9 Å². The van der Waals surface area contributed by atoms with Gasteiger partial charge in [0.2, 0.25) is 0 Å². The number of hydrogen-bond donors (Lipinski definition) is 2. The average molecular weight is 399 g/mol. The second-order valence-electron chi connectivity index (χ2n) is 6.36. The largest absolute Gasteiger partial charge is 0.350 e. The maximum atomic E-state index is 12.9. The van der Waals surface area contributed by atoms with Gasteiger partial charge in [-0.3, -0.25) is 4.79 Å². The van der Waals surface area contributed by atoms with E-state index >= 15 is 0 Å². The zero-order valence-corrected chi connectivity index (χ0v) is 16.3. The first kappa shape index (κ1) is 19.8. The third kappa shape index (κ3) is 5.04. The Balaban J connectivity index is 1.67. The highest BCUT2D eigenvalue weighted by Crippen LogP contribution is 2.25. The van der Waals surface area contributed by atoms with Gasteiger partial charge in [0.15, 0.2) is 0 Å². The zero-order chi connectivity index (χ0) is 20.1. The normalized spacial score (nSPS) is 10.6. The van der Waals surface area contributed by atoms with Crippen LogP contribution in [0.3, 0.4) is 0 Å². The van der Waals surface area contributed by atoms with E-state index in [9.17, 15) is 9.18 Å². The summed E-state index contributed by atoms with van der Waals surface area (Å²) >= 11 is 6.15. The first-order valence-corrected chi connectivity index (χ1v) is 9.20. The van der Waals surface area contributed by atoms with Gasteiger partial charge in [0.25, 0.3) is 5.91 Å². The minimum Gasteiger partial charge on any atom is -0.350 e. The van der Waals surface area contributed by atoms with Gasteiger partial charge in [0, 0.05) is 23.3 Å². The molecule has 1 heterocycles. The summed E-state index contributed by atoms with van der Waals surface area (Å²) in [5.41, 5.74) is 2.92. The molecule has 0 saturated heterocycles. The van der Waals surface area contributed by atoms with Gasteiger partial charge in [-0.25, -0.2) is 14.4 Å². The molecular weight excluding hydrogens is 379 g/mol. The molecule has 7 heteroatoms. The summed E-state index contributed by atoms with van der Waals surface area (Å²) in [5, 5.41) is 6.66. The van der Waals surface area contributed by atoms with Gasteiger partial charge in [-0.15, -0.1) is 0 Å². The van der Waals surface area contributed by atoms with E-state index in [0.717, 1.165) is 16.8 Å². The van der Waals surface area contributed by atoms with Crippen molar-refractivity contribution in [2.75, 3.05) is 11.9 Å². The predicted octanol–water partition coefficient (Wildman–Crippen LogP) is 4.60. The van der Waals surface area contributed by atoms with Crippen molar-refractivity contribution in [3.8, 4) is 0 Å². The Labute approximate surface area is 168 Å². The monoisotopic (exact) mass is 398 g/mol. The molecule has 3 aromatic rings. The van der Waals surface area contributed by atoms with E-state index in [1.54, 1.807) is 25.1 Å². The highest BCUT2D eigenvalue weighted by Gasteiger charge is 2.11. The molecular formula is C21H20ClFN4O. The molecule has 2 aromatic carbocycles. The Kier molecular flexibility index (Phi) is 6.21. The zero-order valence-electron chi connectivity index (χ0n) is 15.6. The highest BCUT2D eigenvalue weighted by molar-refractivity contribution is 6.31. The number of carbonyl (C=O) groups is 1.